The van der Waals surface area contributed by atoms with Crippen LogP contribution < -0.4 is 0 Å². The molecule has 12 heteroatoms. The molecule has 0 spiro atoms. The molecule has 2 fully saturated rings. The standard InChI is InChI=1S/C28H28N4O5S3/c1-19-7-6-13-30(17-19)40(36,37)23-11-5-8-20(15-23)26-21(18-32(29-26)22-9-3-2-4-10-22)16-24-27(35)31(28(38)39-24)14-12-25(33)34/h2-5,8-11,15-16,18-19H,6-7,12-14,17H2,1H3,(H,33,34)/b24-16-. The van der Waals surface area contributed by atoms with Gasteiger partial charge in [0.2, 0.25) is 10.0 Å². The molecule has 208 valence electrons. The van der Waals surface area contributed by atoms with Crippen LogP contribution in [0.1, 0.15) is 31.7 Å². The molecule has 0 radical (unpaired) electrons. The molecule has 1 atom stereocenters. The van der Waals surface area contributed by atoms with Crippen molar-refractivity contribution in [2.24, 2.45) is 5.92 Å². The highest BCUT2D eigenvalue weighted by molar-refractivity contribution is 8.26. The number of carbonyl (C=O) groups excluding carboxylic acids is 1. The number of piperidine rings is 1. The third kappa shape index (κ3) is 5.90. The molecule has 2 aliphatic heterocycles. The monoisotopic (exact) mass is 596 g/mol. The van der Waals surface area contributed by atoms with Gasteiger partial charge in [-0.25, -0.2) is 13.1 Å². The number of aromatic nitrogens is 2. The summed E-state index contributed by atoms with van der Waals surface area (Å²) in [4.78, 5) is 25.9. The van der Waals surface area contributed by atoms with E-state index in [2.05, 4.69) is 6.92 Å². The number of sulfonamides is 1. The summed E-state index contributed by atoms with van der Waals surface area (Å²) in [6, 6.07) is 16.2. The molecule has 40 heavy (non-hydrogen) atoms. The topological polar surface area (TPSA) is 113 Å². The molecule has 2 aliphatic rings. The number of carbonyl (C=O) groups is 2. The minimum atomic E-state index is -3.69. The highest BCUT2D eigenvalue weighted by atomic mass is 32.2. The van der Waals surface area contributed by atoms with E-state index in [1.54, 1.807) is 45.5 Å². The maximum absolute atomic E-state index is 13.5. The van der Waals surface area contributed by atoms with Crippen molar-refractivity contribution in [2.75, 3.05) is 19.6 Å². The quantitative estimate of drug-likeness (QED) is 0.296. The van der Waals surface area contributed by atoms with Gasteiger partial charge in [0.05, 0.1) is 21.9 Å². The van der Waals surface area contributed by atoms with Crippen molar-refractivity contribution in [3.63, 3.8) is 0 Å². The van der Waals surface area contributed by atoms with Crippen LogP contribution in [0.3, 0.4) is 0 Å². The first-order chi connectivity index (χ1) is 19.1. The summed E-state index contributed by atoms with van der Waals surface area (Å²) in [6.45, 7) is 3.03. The number of nitrogens with zero attached hydrogens (tertiary/aromatic N) is 4. The van der Waals surface area contributed by atoms with Gasteiger partial charge in [-0.05, 0) is 49.1 Å². The van der Waals surface area contributed by atoms with E-state index in [9.17, 15) is 18.0 Å². The van der Waals surface area contributed by atoms with Gasteiger partial charge in [0.15, 0.2) is 0 Å². The van der Waals surface area contributed by atoms with Crippen LogP contribution >= 0.6 is 24.0 Å². The molecule has 0 saturated carbocycles. The molecular formula is C28H28N4O5S3. The van der Waals surface area contributed by atoms with Gasteiger partial charge in [-0.15, -0.1) is 0 Å². The minimum absolute atomic E-state index is 0.0114. The maximum Gasteiger partial charge on any atom is 0.305 e. The normalized spacial score (nSPS) is 19.5. The van der Waals surface area contributed by atoms with Gasteiger partial charge < -0.3 is 5.11 Å². The van der Waals surface area contributed by atoms with Crippen LogP contribution in [0, 0.1) is 5.92 Å². The number of carboxylic acids is 1. The second-order valence-corrected chi connectivity index (χ2v) is 13.4. The Morgan fingerprint density at radius 2 is 1.98 bits per heavy atom. The second kappa shape index (κ2) is 11.7. The number of amides is 1. The lowest BCUT2D eigenvalue weighted by Crippen LogP contribution is -2.39. The van der Waals surface area contributed by atoms with Crippen LogP contribution in [0.2, 0.25) is 0 Å². The third-order valence-electron chi connectivity index (χ3n) is 6.84. The first-order valence-electron chi connectivity index (χ1n) is 12.9. The highest BCUT2D eigenvalue weighted by Crippen LogP contribution is 2.35. The first kappa shape index (κ1) is 28.2. The number of rotatable bonds is 8. The largest absolute Gasteiger partial charge is 0.481 e. The molecule has 3 heterocycles. The Labute approximate surface area is 242 Å². The van der Waals surface area contributed by atoms with Crippen molar-refractivity contribution in [3.8, 4) is 16.9 Å². The molecule has 2 saturated heterocycles. The summed E-state index contributed by atoms with van der Waals surface area (Å²) in [5.74, 6) is -1.09. The molecule has 0 bridgehead atoms. The molecule has 3 aromatic rings. The lowest BCUT2D eigenvalue weighted by molar-refractivity contribution is -0.137. The van der Waals surface area contributed by atoms with Crippen molar-refractivity contribution in [1.29, 1.82) is 0 Å². The minimum Gasteiger partial charge on any atom is -0.481 e. The molecule has 9 nitrogen and oxygen atoms in total. The van der Waals surface area contributed by atoms with Crippen LogP contribution in [0.5, 0.6) is 0 Å². The Kier molecular flexibility index (Phi) is 8.22. The predicted molar refractivity (Wildman–Crippen MR) is 158 cm³/mol. The Morgan fingerprint density at radius 1 is 1.20 bits per heavy atom. The molecule has 1 unspecified atom stereocenters. The van der Waals surface area contributed by atoms with Crippen LogP contribution in [-0.4, -0.2) is 68.3 Å². The van der Waals surface area contributed by atoms with Gasteiger partial charge >= 0.3 is 5.97 Å². The van der Waals surface area contributed by atoms with Crippen molar-refractivity contribution in [1.82, 2.24) is 19.0 Å². The van der Waals surface area contributed by atoms with E-state index in [1.165, 1.54) is 4.90 Å². The zero-order valence-electron chi connectivity index (χ0n) is 21.8. The number of aliphatic carboxylic acids is 1. The summed E-state index contributed by atoms with van der Waals surface area (Å²) < 4.78 is 30.5. The number of benzene rings is 2. The van der Waals surface area contributed by atoms with Crippen LogP contribution in [-0.2, 0) is 19.6 Å². The van der Waals surface area contributed by atoms with Gasteiger partial charge in [0.25, 0.3) is 5.91 Å². The molecule has 2 aromatic carbocycles. The molecular weight excluding hydrogens is 569 g/mol. The van der Waals surface area contributed by atoms with Gasteiger partial charge in [-0.1, -0.05) is 61.2 Å². The number of carboxylic acid groups (broad SMARTS) is 1. The summed E-state index contributed by atoms with van der Waals surface area (Å²) in [6.07, 6.45) is 5.08. The lowest BCUT2D eigenvalue weighted by atomic mass is 10.0. The molecule has 1 aromatic heterocycles. The van der Waals surface area contributed by atoms with Crippen molar-refractivity contribution < 1.29 is 23.1 Å². The molecule has 1 N–H and O–H groups in total. The number of thioether (sulfide) groups is 1. The second-order valence-electron chi connectivity index (χ2n) is 9.83. The lowest BCUT2D eigenvalue weighted by Gasteiger charge is -2.30. The number of hydrogen-bond acceptors (Lipinski definition) is 7. The smallest absolute Gasteiger partial charge is 0.305 e. The average molecular weight is 597 g/mol. The maximum atomic E-state index is 13.5. The molecule has 1 amide bonds. The fourth-order valence-electron chi connectivity index (χ4n) is 4.79. The molecule has 0 aliphatic carbocycles. The van der Waals surface area contributed by atoms with Crippen molar-refractivity contribution >= 4 is 56.3 Å². The number of hydrogen-bond donors (Lipinski definition) is 1. The Balaban J connectivity index is 1.55. The zero-order chi connectivity index (χ0) is 28.4. The van der Waals surface area contributed by atoms with Gasteiger partial charge in [0.1, 0.15) is 10.0 Å². The van der Waals surface area contributed by atoms with Crippen molar-refractivity contribution in [2.45, 2.75) is 31.1 Å². The van der Waals surface area contributed by atoms with Gasteiger partial charge in [-0.2, -0.15) is 9.40 Å². The zero-order valence-corrected chi connectivity index (χ0v) is 24.2. The van der Waals surface area contributed by atoms with E-state index < -0.39 is 16.0 Å². The van der Waals surface area contributed by atoms with Crippen LogP contribution in [0.15, 0.2) is 70.6 Å². The first-order valence-corrected chi connectivity index (χ1v) is 15.5. The SMILES string of the molecule is CC1CCCN(S(=O)(=O)c2cccc(-c3nn(-c4ccccc4)cc3/C=C3\SC(=S)N(CCC(=O)O)C3=O)c2)C1. The summed E-state index contributed by atoms with van der Waals surface area (Å²) in [5, 5.41) is 13.8. The summed E-state index contributed by atoms with van der Waals surface area (Å²) >= 11 is 6.44. The van der Waals surface area contributed by atoms with Gasteiger partial charge in [0, 0.05) is 37.0 Å². The summed E-state index contributed by atoms with van der Waals surface area (Å²) in [7, 11) is -3.69. The number of thiocarbonyl (C=S) groups is 1. The predicted octanol–water partition coefficient (Wildman–Crippen LogP) is 4.64. The number of para-hydroxylation sites is 1. The highest BCUT2D eigenvalue weighted by Gasteiger charge is 2.33. The Hall–Kier alpha value is -3.32. The fraction of sp³-hybridized carbons (Fsp3) is 0.286. The molecule has 5 rings (SSSR count). The van der Waals surface area contributed by atoms with E-state index in [4.69, 9.17) is 22.4 Å². The van der Waals surface area contributed by atoms with Gasteiger partial charge in [-0.3, -0.25) is 14.5 Å². The summed E-state index contributed by atoms with van der Waals surface area (Å²) in [5.41, 5.74) is 2.49. The van der Waals surface area contributed by atoms with E-state index in [0.717, 1.165) is 30.3 Å². The Morgan fingerprint density at radius 3 is 2.70 bits per heavy atom. The van der Waals surface area contributed by atoms with E-state index in [-0.39, 0.29) is 23.8 Å². The van der Waals surface area contributed by atoms with E-state index in [1.807, 2.05) is 30.3 Å². The average Bonchev–Trinajstić information content (AvgIpc) is 3.48. The van der Waals surface area contributed by atoms with E-state index in [0.29, 0.717) is 45.1 Å². The third-order valence-corrected chi connectivity index (χ3v) is 10.1. The van der Waals surface area contributed by atoms with Crippen molar-refractivity contribution in [3.05, 3.63) is 71.3 Å². The van der Waals surface area contributed by atoms with E-state index >= 15 is 0 Å². The van der Waals surface area contributed by atoms with Crippen LogP contribution in [0.25, 0.3) is 23.0 Å². The Bertz CT molecular complexity index is 1600. The van der Waals surface area contributed by atoms with Crippen LogP contribution in [0.4, 0.5) is 0 Å². The fourth-order valence-corrected chi connectivity index (χ4v) is 7.73.